The van der Waals surface area contributed by atoms with Gasteiger partial charge in [0.25, 0.3) is 0 Å². The molecule has 0 saturated carbocycles. The Morgan fingerprint density at radius 2 is 1.94 bits per heavy atom. The SMILES string of the molecule is c1cc(N2CCOCC2)ccc1NC1CCSC1. The predicted molar refractivity (Wildman–Crippen MR) is 78.8 cm³/mol. The van der Waals surface area contributed by atoms with Crippen LogP contribution < -0.4 is 10.2 Å². The van der Waals surface area contributed by atoms with E-state index in [1.807, 2.05) is 11.8 Å². The third-order valence-corrected chi connectivity index (χ3v) is 4.71. The number of ether oxygens (including phenoxy) is 1. The first-order valence-corrected chi connectivity index (χ1v) is 7.84. The number of morpholine rings is 1. The summed E-state index contributed by atoms with van der Waals surface area (Å²) in [5.41, 5.74) is 2.56. The van der Waals surface area contributed by atoms with Crippen molar-refractivity contribution in [2.75, 3.05) is 48.0 Å². The Morgan fingerprint density at radius 1 is 1.17 bits per heavy atom. The summed E-state index contributed by atoms with van der Waals surface area (Å²) in [7, 11) is 0. The molecule has 0 aliphatic carbocycles. The summed E-state index contributed by atoms with van der Waals surface area (Å²) >= 11 is 2.04. The highest BCUT2D eigenvalue weighted by atomic mass is 32.2. The molecular formula is C14H20N2OS. The zero-order valence-corrected chi connectivity index (χ0v) is 11.4. The van der Waals surface area contributed by atoms with Crippen molar-refractivity contribution in [3.05, 3.63) is 24.3 Å². The maximum Gasteiger partial charge on any atom is 0.0642 e. The van der Waals surface area contributed by atoms with Crippen LogP contribution in [0.15, 0.2) is 24.3 Å². The summed E-state index contributed by atoms with van der Waals surface area (Å²) < 4.78 is 5.38. The van der Waals surface area contributed by atoms with Gasteiger partial charge in [-0.1, -0.05) is 0 Å². The smallest absolute Gasteiger partial charge is 0.0642 e. The van der Waals surface area contributed by atoms with Gasteiger partial charge in [0.15, 0.2) is 0 Å². The van der Waals surface area contributed by atoms with Crippen LogP contribution >= 0.6 is 11.8 Å². The predicted octanol–water partition coefficient (Wildman–Crippen LogP) is 2.44. The second kappa shape index (κ2) is 5.85. The van der Waals surface area contributed by atoms with Crippen LogP contribution in [0.4, 0.5) is 11.4 Å². The molecule has 2 heterocycles. The van der Waals surface area contributed by atoms with Crippen LogP contribution in [0.25, 0.3) is 0 Å². The molecule has 4 heteroatoms. The fraction of sp³-hybridized carbons (Fsp3) is 0.571. The average molecular weight is 264 g/mol. The van der Waals surface area contributed by atoms with Crippen LogP contribution in [0.5, 0.6) is 0 Å². The molecule has 3 rings (SSSR count). The normalized spacial score (nSPS) is 24.2. The maximum absolute atomic E-state index is 5.38. The minimum Gasteiger partial charge on any atom is -0.381 e. The molecule has 1 atom stereocenters. The van der Waals surface area contributed by atoms with Gasteiger partial charge in [-0.15, -0.1) is 0 Å². The van der Waals surface area contributed by atoms with Gasteiger partial charge in [0.05, 0.1) is 13.2 Å². The molecule has 0 aromatic heterocycles. The first-order chi connectivity index (χ1) is 8.92. The van der Waals surface area contributed by atoms with Gasteiger partial charge < -0.3 is 15.0 Å². The topological polar surface area (TPSA) is 24.5 Å². The zero-order chi connectivity index (χ0) is 12.2. The summed E-state index contributed by atoms with van der Waals surface area (Å²) in [6.45, 7) is 3.71. The summed E-state index contributed by atoms with van der Waals surface area (Å²) in [6, 6.07) is 9.50. The quantitative estimate of drug-likeness (QED) is 0.906. The van der Waals surface area contributed by atoms with Crippen molar-refractivity contribution in [3.63, 3.8) is 0 Å². The standard InChI is InChI=1S/C14H20N2OS/c1-3-14(16-6-8-17-9-7-16)4-2-12(1)15-13-5-10-18-11-13/h1-4,13,15H,5-11H2. The zero-order valence-electron chi connectivity index (χ0n) is 10.6. The van der Waals surface area contributed by atoms with E-state index in [9.17, 15) is 0 Å². The highest BCUT2D eigenvalue weighted by molar-refractivity contribution is 7.99. The van der Waals surface area contributed by atoms with Crippen LogP contribution in [-0.4, -0.2) is 43.9 Å². The van der Waals surface area contributed by atoms with Gasteiger partial charge in [0, 0.05) is 36.3 Å². The Labute approximate surface area is 113 Å². The largest absolute Gasteiger partial charge is 0.381 e. The van der Waals surface area contributed by atoms with E-state index in [1.54, 1.807) is 0 Å². The van der Waals surface area contributed by atoms with E-state index in [1.165, 1.54) is 29.3 Å². The summed E-state index contributed by atoms with van der Waals surface area (Å²) in [5, 5.41) is 3.61. The molecule has 0 spiro atoms. The highest BCUT2D eigenvalue weighted by Gasteiger charge is 2.15. The highest BCUT2D eigenvalue weighted by Crippen LogP contribution is 2.23. The summed E-state index contributed by atoms with van der Waals surface area (Å²) in [6.07, 6.45) is 1.29. The van der Waals surface area contributed by atoms with E-state index < -0.39 is 0 Å². The lowest BCUT2D eigenvalue weighted by Gasteiger charge is -2.29. The van der Waals surface area contributed by atoms with Crippen molar-refractivity contribution in [1.29, 1.82) is 0 Å². The molecule has 2 fully saturated rings. The van der Waals surface area contributed by atoms with Gasteiger partial charge in [0.1, 0.15) is 0 Å². The second-order valence-electron chi connectivity index (χ2n) is 4.85. The third-order valence-electron chi connectivity index (χ3n) is 3.54. The number of nitrogens with one attached hydrogen (secondary N) is 1. The van der Waals surface area contributed by atoms with Crippen molar-refractivity contribution < 1.29 is 4.74 Å². The first-order valence-electron chi connectivity index (χ1n) is 6.69. The van der Waals surface area contributed by atoms with Crippen molar-refractivity contribution in [3.8, 4) is 0 Å². The van der Waals surface area contributed by atoms with E-state index in [0.717, 1.165) is 26.3 Å². The number of nitrogens with zero attached hydrogens (tertiary/aromatic N) is 1. The number of hydrogen-bond donors (Lipinski definition) is 1. The lowest BCUT2D eigenvalue weighted by molar-refractivity contribution is 0.122. The van der Waals surface area contributed by atoms with Crippen molar-refractivity contribution in [1.82, 2.24) is 0 Å². The third kappa shape index (κ3) is 2.93. The Bertz CT molecular complexity index is 370. The van der Waals surface area contributed by atoms with Crippen molar-refractivity contribution in [2.24, 2.45) is 0 Å². The Kier molecular flexibility index (Phi) is 3.96. The van der Waals surface area contributed by atoms with E-state index in [2.05, 4.69) is 34.5 Å². The van der Waals surface area contributed by atoms with Gasteiger partial charge in [-0.05, 0) is 36.4 Å². The van der Waals surface area contributed by atoms with Crippen LogP contribution in [0.2, 0.25) is 0 Å². The molecule has 3 nitrogen and oxygen atoms in total. The molecule has 0 bridgehead atoms. The van der Waals surface area contributed by atoms with Gasteiger partial charge in [-0.25, -0.2) is 0 Å². The minimum atomic E-state index is 0.657. The molecule has 1 aromatic carbocycles. The van der Waals surface area contributed by atoms with E-state index in [0.29, 0.717) is 6.04 Å². The number of thioether (sulfide) groups is 1. The van der Waals surface area contributed by atoms with Gasteiger partial charge in [-0.2, -0.15) is 11.8 Å². The van der Waals surface area contributed by atoms with Crippen molar-refractivity contribution >= 4 is 23.1 Å². The molecule has 2 saturated heterocycles. The summed E-state index contributed by atoms with van der Waals surface area (Å²) in [5.74, 6) is 2.54. The van der Waals surface area contributed by atoms with E-state index in [-0.39, 0.29) is 0 Å². The van der Waals surface area contributed by atoms with Gasteiger partial charge in [-0.3, -0.25) is 0 Å². The number of anilines is 2. The van der Waals surface area contributed by atoms with Crippen molar-refractivity contribution in [2.45, 2.75) is 12.5 Å². The molecule has 0 radical (unpaired) electrons. The Hall–Kier alpha value is -0.870. The first kappa shape index (κ1) is 12.2. The molecule has 0 amide bonds. The Balaban J connectivity index is 1.60. The van der Waals surface area contributed by atoms with Crippen LogP contribution in [0.3, 0.4) is 0 Å². The molecular weight excluding hydrogens is 244 g/mol. The van der Waals surface area contributed by atoms with E-state index >= 15 is 0 Å². The average Bonchev–Trinajstić information content (AvgIpc) is 2.94. The maximum atomic E-state index is 5.38. The molecule has 2 aliphatic heterocycles. The molecule has 98 valence electrons. The fourth-order valence-corrected chi connectivity index (χ4v) is 3.63. The summed E-state index contributed by atoms with van der Waals surface area (Å²) in [4.78, 5) is 2.39. The van der Waals surface area contributed by atoms with Gasteiger partial charge >= 0.3 is 0 Å². The molecule has 1 unspecified atom stereocenters. The number of hydrogen-bond acceptors (Lipinski definition) is 4. The molecule has 1 aromatic rings. The lowest BCUT2D eigenvalue weighted by Crippen LogP contribution is -2.36. The lowest BCUT2D eigenvalue weighted by atomic mass is 10.2. The number of benzene rings is 1. The Morgan fingerprint density at radius 3 is 2.61 bits per heavy atom. The van der Waals surface area contributed by atoms with Gasteiger partial charge in [0.2, 0.25) is 0 Å². The second-order valence-corrected chi connectivity index (χ2v) is 6.00. The van der Waals surface area contributed by atoms with Crippen LogP contribution in [-0.2, 0) is 4.74 Å². The number of rotatable bonds is 3. The van der Waals surface area contributed by atoms with Crippen LogP contribution in [0, 0.1) is 0 Å². The monoisotopic (exact) mass is 264 g/mol. The van der Waals surface area contributed by atoms with Crippen LogP contribution in [0.1, 0.15) is 6.42 Å². The van der Waals surface area contributed by atoms with E-state index in [4.69, 9.17) is 4.74 Å². The fourth-order valence-electron chi connectivity index (χ4n) is 2.47. The molecule has 1 N–H and O–H groups in total. The molecule has 18 heavy (non-hydrogen) atoms. The molecule has 2 aliphatic rings. The minimum absolute atomic E-state index is 0.657.